The second kappa shape index (κ2) is 11.1. The third-order valence-corrected chi connectivity index (χ3v) is 1.79. The van der Waals surface area contributed by atoms with Crippen molar-refractivity contribution < 1.29 is 39.2 Å². The first-order valence-electron chi connectivity index (χ1n) is 5.85. The average Bonchev–Trinajstić information content (AvgIpc) is 2.28. The first kappa shape index (κ1) is 20.6. The van der Waals surface area contributed by atoms with Crippen molar-refractivity contribution in [3.05, 3.63) is 0 Å². The summed E-state index contributed by atoms with van der Waals surface area (Å²) in [5, 5.41) is 27.7. The molecule has 0 aromatic carbocycles. The van der Waals surface area contributed by atoms with Crippen molar-refractivity contribution in [2.24, 2.45) is 0 Å². The monoisotopic (exact) mass is 295 g/mol. The molecule has 9 nitrogen and oxygen atoms in total. The van der Waals surface area contributed by atoms with E-state index < -0.39 is 30.1 Å². The van der Waals surface area contributed by atoms with Gasteiger partial charge in [0.15, 0.2) is 0 Å². The third-order valence-electron chi connectivity index (χ3n) is 1.79. The largest absolute Gasteiger partial charge is 0.481 e. The van der Waals surface area contributed by atoms with Crippen LogP contribution in [-0.4, -0.2) is 65.8 Å². The van der Waals surface area contributed by atoms with E-state index in [0.717, 1.165) is 0 Å². The van der Waals surface area contributed by atoms with E-state index >= 15 is 0 Å². The van der Waals surface area contributed by atoms with Crippen LogP contribution in [0, 0.1) is 0 Å². The summed E-state index contributed by atoms with van der Waals surface area (Å²) in [5.41, 5.74) is 0. The van der Waals surface area contributed by atoms with Crippen LogP contribution >= 0.6 is 0 Å². The van der Waals surface area contributed by atoms with Crippen molar-refractivity contribution in [1.82, 2.24) is 5.32 Å². The van der Waals surface area contributed by atoms with Gasteiger partial charge in [-0.2, -0.15) is 0 Å². The molecule has 0 rings (SSSR count). The second-order valence-corrected chi connectivity index (χ2v) is 3.42. The van der Waals surface area contributed by atoms with Gasteiger partial charge in [0.05, 0.1) is 6.54 Å². The zero-order valence-corrected chi connectivity index (χ0v) is 11.7. The number of carboxylic acids is 3. The Labute approximate surface area is 116 Å². The van der Waals surface area contributed by atoms with Crippen LogP contribution in [0.1, 0.15) is 20.3 Å². The Balaban J connectivity index is 0. The van der Waals surface area contributed by atoms with Crippen LogP contribution in [-0.2, 0) is 23.9 Å². The number of carbonyl (C=O) groups is 3. The normalized spacial score (nSPS) is 10.3. The first-order chi connectivity index (χ1) is 9.25. The highest BCUT2D eigenvalue weighted by Gasteiger charge is 2.43. The number of likely N-dealkylation sites (N-methyl/N-ethyl adjacent to an activating group) is 1. The van der Waals surface area contributed by atoms with Crippen LogP contribution in [0.25, 0.3) is 0 Å². The molecule has 0 aliphatic carbocycles. The SMILES string of the molecule is CCOC(CC(=O)O)(OCC)C(=O)O.CNCC(=O)O. The Bertz CT molecular complexity index is 312. The smallest absolute Gasteiger partial charge is 0.365 e. The molecule has 9 heteroatoms. The molecule has 0 aromatic rings. The highest BCUT2D eigenvalue weighted by Crippen LogP contribution is 2.18. The highest BCUT2D eigenvalue weighted by atomic mass is 16.7. The lowest BCUT2D eigenvalue weighted by atomic mass is 10.2. The van der Waals surface area contributed by atoms with Crippen LogP contribution in [0.2, 0.25) is 0 Å². The number of aliphatic carboxylic acids is 3. The molecule has 0 amide bonds. The topological polar surface area (TPSA) is 142 Å². The molecule has 118 valence electrons. The Morgan fingerprint density at radius 3 is 1.60 bits per heavy atom. The number of ether oxygens (including phenoxy) is 2. The fourth-order valence-corrected chi connectivity index (χ4v) is 1.16. The Morgan fingerprint density at radius 1 is 1.00 bits per heavy atom. The molecular formula is C11H21NO8. The van der Waals surface area contributed by atoms with E-state index in [-0.39, 0.29) is 19.8 Å². The van der Waals surface area contributed by atoms with Gasteiger partial charge in [0.1, 0.15) is 6.42 Å². The molecule has 0 aliphatic heterocycles. The Kier molecular flexibility index (Phi) is 11.5. The quantitative estimate of drug-likeness (QED) is 0.418. The maximum absolute atomic E-state index is 10.8. The van der Waals surface area contributed by atoms with Crippen molar-refractivity contribution in [3.8, 4) is 0 Å². The minimum absolute atomic E-state index is 0.0417. The van der Waals surface area contributed by atoms with Gasteiger partial charge < -0.3 is 30.1 Å². The van der Waals surface area contributed by atoms with Crippen molar-refractivity contribution in [2.75, 3.05) is 26.8 Å². The molecule has 0 spiro atoms. The fourth-order valence-electron chi connectivity index (χ4n) is 1.16. The molecule has 0 heterocycles. The van der Waals surface area contributed by atoms with Crippen molar-refractivity contribution in [1.29, 1.82) is 0 Å². The summed E-state index contributed by atoms with van der Waals surface area (Å²) in [6.07, 6.45) is -0.718. The zero-order chi connectivity index (χ0) is 16.2. The summed E-state index contributed by atoms with van der Waals surface area (Å²) in [4.78, 5) is 30.8. The molecule has 0 saturated carbocycles. The number of nitrogens with one attached hydrogen (secondary N) is 1. The van der Waals surface area contributed by atoms with Crippen molar-refractivity contribution >= 4 is 17.9 Å². The molecule has 4 N–H and O–H groups in total. The van der Waals surface area contributed by atoms with Gasteiger partial charge in [-0.1, -0.05) is 0 Å². The molecular weight excluding hydrogens is 274 g/mol. The lowest BCUT2D eigenvalue weighted by molar-refractivity contribution is -0.245. The summed E-state index contributed by atoms with van der Waals surface area (Å²) in [6.45, 7) is 3.32. The van der Waals surface area contributed by atoms with Crippen LogP contribution in [0.4, 0.5) is 0 Å². The predicted molar refractivity (Wildman–Crippen MR) is 67.4 cm³/mol. The predicted octanol–water partition coefficient (Wildman–Crippen LogP) is -0.395. The summed E-state index contributed by atoms with van der Waals surface area (Å²) < 4.78 is 9.68. The highest BCUT2D eigenvalue weighted by molar-refractivity contribution is 5.82. The minimum atomic E-state index is -2.06. The van der Waals surface area contributed by atoms with Gasteiger partial charge in [0.25, 0.3) is 5.79 Å². The van der Waals surface area contributed by atoms with Crippen molar-refractivity contribution in [2.45, 2.75) is 26.1 Å². The van der Waals surface area contributed by atoms with Gasteiger partial charge in [-0.05, 0) is 20.9 Å². The molecule has 0 radical (unpaired) electrons. The maximum atomic E-state index is 10.8. The van der Waals surface area contributed by atoms with Gasteiger partial charge in [-0.25, -0.2) is 4.79 Å². The number of hydrogen-bond donors (Lipinski definition) is 4. The standard InChI is InChI=1S/C8H14O6.C3H7NO2/c1-3-13-8(7(11)12,14-4-2)5-6(9)10;1-4-2-3(5)6/h3-5H2,1-2H3,(H,9,10)(H,11,12);4H,2H2,1H3,(H,5,6). The number of hydrogen-bond acceptors (Lipinski definition) is 6. The third kappa shape index (κ3) is 9.25. The van der Waals surface area contributed by atoms with Crippen LogP contribution in [0.5, 0.6) is 0 Å². The maximum Gasteiger partial charge on any atom is 0.365 e. The second-order valence-electron chi connectivity index (χ2n) is 3.42. The number of rotatable bonds is 9. The molecule has 0 aliphatic rings. The summed E-state index contributed by atoms with van der Waals surface area (Å²) in [6, 6.07) is 0. The van der Waals surface area contributed by atoms with E-state index in [9.17, 15) is 14.4 Å². The van der Waals surface area contributed by atoms with Crippen LogP contribution in [0.15, 0.2) is 0 Å². The Morgan fingerprint density at radius 2 is 1.45 bits per heavy atom. The van der Waals surface area contributed by atoms with E-state index in [1.54, 1.807) is 20.9 Å². The van der Waals surface area contributed by atoms with Crippen molar-refractivity contribution in [3.63, 3.8) is 0 Å². The lowest BCUT2D eigenvalue weighted by Gasteiger charge is -2.26. The minimum Gasteiger partial charge on any atom is -0.481 e. The molecule has 0 bridgehead atoms. The molecule has 0 saturated heterocycles. The molecule has 0 aromatic heterocycles. The molecule has 0 atom stereocenters. The summed E-state index contributed by atoms with van der Waals surface area (Å²) in [7, 11) is 1.59. The Hall–Kier alpha value is -1.71. The van der Waals surface area contributed by atoms with Gasteiger partial charge in [-0.15, -0.1) is 0 Å². The lowest BCUT2D eigenvalue weighted by Crippen LogP contribution is -2.46. The van der Waals surface area contributed by atoms with E-state index in [2.05, 4.69) is 5.32 Å². The van der Waals surface area contributed by atoms with Gasteiger partial charge in [-0.3, -0.25) is 9.59 Å². The van der Waals surface area contributed by atoms with Gasteiger partial charge in [0, 0.05) is 13.2 Å². The molecule has 0 unspecified atom stereocenters. The molecule has 0 fully saturated rings. The number of carboxylic acid groups (broad SMARTS) is 3. The fraction of sp³-hybridized carbons (Fsp3) is 0.727. The van der Waals surface area contributed by atoms with Gasteiger partial charge >= 0.3 is 17.9 Å². The van der Waals surface area contributed by atoms with E-state index in [1.165, 1.54) is 0 Å². The van der Waals surface area contributed by atoms with Gasteiger partial charge in [0.2, 0.25) is 0 Å². The summed E-state index contributed by atoms with van der Waals surface area (Å²) in [5.74, 6) is -5.59. The van der Waals surface area contributed by atoms with E-state index in [1.807, 2.05) is 0 Å². The van der Waals surface area contributed by atoms with Crippen LogP contribution in [0.3, 0.4) is 0 Å². The van der Waals surface area contributed by atoms with E-state index in [4.69, 9.17) is 24.8 Å². The van der Waals surface area contributed by atoms with Crippen LogP contribution < -0.4 is 5.32 Å². The zero-order valence-electron chi connectivity index (χ0n) is 11.7. The molecule has 20 heavy (non-hydrogen) atoms. The average molecular weight is 295 g/mol. The first-order valence-corrected chi connectivity index (χ1v) is 5.85. The van der Waals surface area contributed by atoms with E-state index in [0.29, 0.717) is 0 Å². The summed E-state index contributed by atoms with van der Waals surface area (Å²) >= 11 is 0.